The summed E-state index contributed by atoms with van der Waals surface area (Å²) in [7, 11) is 0. The minimum atomic E-state index is 0.172. The molecule has 1 aliphatic carbocycles. The molecule has 0 saturated heterocycles. The fourth-order valence-corrected chi connectivity index (χ4v) is 2.58. The topological polar surface area (TPSA) is 55.1 Å². The van der Waals surface area contributed by atoms with Gasteiger partial charge < -0.3 is 11.1 Å². The first kappa shape index (κ1) is 12.9. The summed E-state index contributed by atoms with van der Waals surface area (Å²) in [4.78, 5) is 11.8. The normalized spacial score (nSPS) is 22.9. The molecule has 0 radical (unpaired) electrons. The molecule has 3 N–H and O–H groups in total. The van der Waals surface area contributed by atoms with E-state index in [2.05, 4.69) is 12.2 Å². The minimum Gasteiger partial charge on any atom is -0.399 e. The van der Waals surface area contributed by atoms with E-state index >= 15 is 0 Å². The molecule has 1 amide bonds. The average Bonchev–Trinajstić information content (AvgIpc) is 2.74. The van der Waals surface area contributed by atoms with Crippen molar-refractivity contribution in [2.75, 3.05) is 5.73 Å². The van der Waals surface area contributed by atoms with Gasteiger partial charge in [-0.15, -0.1) is 0 Å². The second-order valence-electron chi connectivity index (χ2n) is 5.32. The Morgan fingerprint density at radius 3 is 2.67 bits per heavy atom. The molecule has 0 bridgehead atoms. The first-order valence-corrected chi connectivity index (χ1v) is 6.79. The fourth-order valence-electron chi connectivity index (χ4n) is 2.58. The van der Waals surface area contributed by atoms with Gasteiger partial charge in [0.1, 0.15) is 0 Å². The van der Waals surface area contributed by atoms with Crippen molar-refractivity contribution in [3.8, 4) is 0 Å². The number of nitrogens with one attached hydrogen (secondary N) is 1. The quantitative estimate of drug-likeness (QED) is 0.802. The fraction of sp³-hybridized carbons (Fsp3) is 0.533. The van der Waals surface area contributed by atoms with Crippen molar-refractivity contribution in [3.63, 3.8) is 0 Å². The van der Waals surface area contributed by atoms with Gasteiger partial charge in [-0.2, -0.15) is 0 Å². The zero-order valence-electron chi connectivity index (χ0n) is 11.0. The zero-order valence-corrected chi connectivity index (χ0v) is 11.0. The number of hydrogen-bond donors (Lipinski definition) is 2. The van der Waals surface area contributed by atoms with Crippen LogP contribution >= 0.6 is 0 Å². The summed E-state index contributed by atoms with van der Waals surface area (Å²) < 4.78 is 0. The largest absolute Gasteiger partial charge is 0.399 e. The third-order valence-corrected chi connectivity index (χ3v) is 3.83. The van der Waals surface area contributed by atoms with Gasteiger partial charge in [-0.1, -0.05) is 25.5 Å². The summed E-state index contributed by atoms with van der Waals surface area (Å²) >= 11 is 0. The summed E-state index contributed by atoms with van der Waals surface area (Å²) in [6.07, 6.45) is 4.96. The lowest BCUT2D eigenvalue weighted by Gasteiger charge is -2.17. The molecule has 1 saturated carbocycles. The predicted molar refractivity (Wildman–Crippen MR) is 74.1 cm³/mol. The Labute approximate surface area is 109 Å². The predicted octanol–water partition coefficient (Wildman–Crippen LogP) is 2.51. The number of benzene rings is 1. The lowest BCUT2D eigenvalue weighted by Crippen LogP contribution is -2.36. The Morgan fingerprint density at radius 1 is 1.33 bits per heavy atom. The molecule has 98 valence electrons. The Kier molecular flexibility index (Phi) is 4.24. The molecule has 0 aliphatic heterocycles. The van der Waals surface area contributed by atoms with Crippen molar-refractivity contribution in [1.29, 1.82) is 0 Å². The summed E-state index contributed by atoms with van der Waals surface area (Å²) in [6, 6.07) is 8.13. The molecule has 3 nitrogen and oxygen atoms in total. The van der Waals surface area contributed by atoms with E-state index in [-0.39, 0.29) is 5.91 Å². The van der Waals surface area contributed by atoms with E-state index in [1.165, 1.54) is 18.4 Å². The summed E-state index contributed by atoms with van der Waals surface area (Å²) in [5.74, 6) is 0.802. The highest BCUT2D eigenvalue weighted by molar-refractivity contribution is 5.76. The Bertz CT molecular complexity index is 399. The minimum absolute atomic E-state index is 0.172. The number of rotatable bonds is 4. The van der Waals surface area contributed by atoms with Crippen molar-refractivity contribution >= 4 is 11.6 Å². The molecule has 2 atom stereocenters. The number of anilines is 1. The average molecular weight is 246 g/mol. The van der Waals surface area contributed by atoms with Crippen LogP contribution in [0.5, 0.6) is 0 Å². The van der Waals surface area contributed by atoms with Crippen LogP contribution in [0.4, 0.5) is 5.69 Å². The smallest absolute Gasteiger partial charge is 0.220 e. The number of carbonyl (C=O) groups is 1. The first-order valence-electron chi connectivity index (χ1n) is 6.79. The standard InChI is InChI=1S/C15H22N2O/c1-11-3-2-4-14(11)17-15(18)10-7-12-5-8-13(16)9-6-12/h5-6,8-9,11,14H,2-4,7,10,16H2,1H3,(H,17,18). The third kappa shape index (κ3) is 3.49. The van der Waals surface area contributed by atoms with Gasteiger partial charge >= 0.3 is 0 Å². The van der Waals surface area contributed by atoms with Crippen molar-refractivity contribution in [3.05, 3.63) is 29.8 Å². The Balaban J connectivity index is 1.76. The number of carbonyl (C=O) groups excluding carboxylic acids is 1. The second kappa shape index (κ2) is 5.89. The zero-order chi connectivity index (χ0) is 13.0. The van der Waals surface area contributed by atoms with E-state index in [0.29, 0.717) is 18.4 Å². The van der Waals surface area contributed by atoms with Crippen molar-refractivity contribution in [2.45, 2.75) is 45.1 Å². The van der Waals surface area contributed by atoms with Gasteiger partial charge in [0.25, 0.3) is 0 Å². The van der Waals surface area contributed by atoms with Crippen LogP contribution < -0.4 is 11.1 Å². The SMILES string of the molecule is CC1CCCC1NC(=O)CCc1ccc(N)cc1. The van der Waals surface area contributed by atoms with Crippen LogP contribution in [0.25, 0.3) is 0 Å². The molecule has 0 aromatic heterocycles. The molecule has 18 heavy (non-hydrogen) atoms. The second-order valence-corrected chi connectivity index (χ2v) is 5.32. The lowest BCUT2D eigenvalue weighted by atomic mass is 10.1. The molecular weight excluding hydrogens is 224 g/mol. The first-order chi connectivity index (χ1) is 8.65. The molecule has 3 heteroatoms. The van der Waals surface area contributed by atoms with Crippen LogP contribution in [0.2, 0.25) is 0 Å². The molecule has 0 heterocycles. The molecule has 2 rings (SSSR count). The van der Waals surface area contributed by atoms with E-state index in [1.54, 1.807) is 0 Å². The van der Waals surface area contributed by atoms with Crippen LogP contribution in [-0.2, 0) is 11.2 Å². The lowest BCUT2D eigenvalue weighted by molar-refractivity contribution is -0.121. The summed E-state index contributed by atoms with van der Waals surface area (Å²) in [5, 5.41) is 3.15. The maximum atomic E-state index is 11.8. The molecule has 1 fully saturated rings. The molecule has 1 aromatic carbocycles. The van der Waals surface area contributed by atoms with Gasteiger partial charge in [-0.3, -0.25) is 4.79 Å². The van der Waals surface area contributed by atoms with Gasteiger partial charge in [0, 0.05) is 18.2 Å². The molecule has 0 spiro atoms. The van der Waals surface area contributed by atoms with E-state index < -0.39 is 0 Å². The van der Waals surface area contributed by atoms with Crippen LogP contribution in [0.1, 0.15) is 38.2 Å². The summed E-state index contributed by atoms with van der Waals surface area (Å²) in [6.45, 7) is 2.22. The van der Waals surface area contributed by atoms with Crippen LogP contribution in [0.15, 0.2) is 24.3 Å². The highest BCUT2D eigenvalue weighted by atomic mass is 16.1. The van der Waals surface area contributed by atoms with Crippen molar-refractivity contribution < 1.29 is 4.79 Å². The van der Waals surface area contributed by atoms with Crippen LogP contribution in [0.3, 0.4) is 0 Å². The van der Waals surface area contributed by atoms with Gasteiger partial charge in [0.05, 0.1) is 0 Å². The highest BCUT2D eigenvalue weighted by Gasteiger charge is 2.24. The van der Waals surface area contributed by atoms with E-state index in [4.69, 9.17) is 5.73 Å². The highest BCUT2D eigenvalue weighted by Crippen LogP contribution is 2.24. The van der Waals surface area contributed by atoms with Crippen molar-refractivity contribution in [1.82, 2.24) is 5.32 Å². The molecule has 2 unspecified atom stereocenters. The summed E-state index contributed by atoms with van der Waals surface area (Å²) in [5.41, 5.74) is 7.56. The third-order valence-electron chi connectivity index (χ3n) is 3.83. The van der Waals surface area contributed by atoms with E-state index in [1.807, 2.05) is 24.3 Å². The van der Waals surface area contributed by atoms with Crippen LogP contribution in [-0.4, -0.2) is 11.9 Å². The number of hydrogen-bond acceptors (Lipinski definition) is 2. The molecule has 1 aliphatic rings. The van der Waals surface area contributed by atoms with Gasteiger partial charge in [0.15, 0.2) is 0 Å². The number of aryl methyl sites for hydroxylation is 1. The van der Waals surface area contributed by atoms with Crippen LogP contribution in [0, 0.1) is 5.92 Å². The number of nitrogen functional groups attached to an aromatic ring is 1. The Morgan fingerprint density at radius 2 is 2.06 bits per heavy atom. The molecular formula is C15H22N2O. The Hall–Kier alpha value is -1.51. The van der Waals surface area contributed by atoms with Gasteiger partial charge in [-0.25, -0.2) is 0 Å². The van der Waals surface area contributed by atoms with Crippen molar-refractivity contribution in [2.24, 2.45) is 5.92 Å². The van der Waals surface area contributed by atoms with Gasteiger partial charge in [0.2, 0.25) is 5.91 Å². The maximum Gasteiger partial charge on any atom is 0.220 e. The van der Waals surface area contributed by atoms with Gasteiger partial charge in [-0.05, 0) is 42.9 Å². The van der Waals surface area contributed by atoms with E-state index in [0.717, 1.165) is 18.5 Å². The number of amides is 1. The van der Waals surface area contributed by atoms with E-state index in [9.17, 15) is 4.79 Å². The monoisotopic (exact) mass is 246 g/mol. The molecule has 1 aromatic rings. The number of nitrogens with two attached hydrogens (primary N) is 1. The maximum absolute atomic E-state index is 11.8.